The molecule has 0 unspecified atom stereocenters. The van der Waals surface area contributed by atoms with Crippen LogP contribution in [-0.4, -0.2) is 20.5 Å². The summed E-state index contributed by atoms with van der Waals surface area (Å²) in [5.74, 6) is 2.01. The van der Waals surface area contributed by atoms with Crippen LogP contribution in [0.3, 0.4) is 0 Å². The first-order chi connectivity index (χ1) is 24.0. The highest BCUT2D eigenvalue weighted by molar-refractivity contribution is 6.09. The van der Waals surface area contributed by atoms with Crippen molar-refractivity contribution in [2.45, 2.75) is 26.2 Å². The first-order valence-electron chi connectivity index (χ1n) is 17.2. The van der Waals surface area contributed by atoms with Gasteiger partial charge in [-0.2, -0.15) is 0 Å². The van der Waals surface area contributed by atoms with Gasteiger partial charge in [-0.15, -0.1) is 0 Å². The van der Waals surface area contributed by atoms with Gasteiger partial charge in [0.1, 0.15) is 17.3 Å². The van der Waals surface area contributed by atoms with Crippen LogP contribution in [0.15, 0.2) is 134 Å². The lowest BCUT2D eigenvalue weighted by Crippen LogP contribution is -2.12. The Kier molecular flexibility index (Phi) is 5.04. The molecule has 7 aromatic rings. The van der Waals surface area contributed by atoms with Crippen molar-refractivity contribution in [3.8, 4) is 17.3 Å². The summed E-state index contributed by atoms with van der Waals surface area (Å²) < 4.78 is 53.5. The van der Waals surface area contributed by atoms with Gasteiger partial charge in [0.15, 0.2) is 0 Å². The van der Waals surface area contributed by atoms with Crippen molar-refractivity contribution in [2.24, 2.45) is 0 Å². The Morgan fingerprint density at radius 2 is 1.49 bits per heavy atom. The lowest BCUT2D eigenvalue weighted by atomic mass is 9.88. The van der Waals surface area contributed by atoms with Crippen LogP contribution in [0.1, 0.15) is 33.2 Å². The summed E-state index contributed by atoms with van der Waals surface area (Å²) in [5.41, 5.74) is 5.12. The van der Waals surface area contributed by atoms with Crippen molar-refractivity contribution >= 4 is 50.6 Å². The quantitative estimate of drug-likeness (QED) is 0.188. The maximum atomic E-state index is 8.57. The van der Waals surface area contributed by atoms with Crippen molar-refractivity contribution in [3.63, 3.8) is 0 Å². The van der Waals surface area contributed by atoms with E-state index in [9.17, 15) is 0 Å². The summed E-state index contributed by atoms with van der Waals surface area (Å²) in [6.07, 6.45) is 5.50. The summed E-state index contributed by atoms with van der Waals surface area (Å²) >= 11 is 0. The third-order valence-corrected chi connectivity index (χ3v) is 7.97. The van der Waals surface area contributed by atoms with Crippen molar-refractivity contribution in [1.82, 2.24) is 23.7 Å². The molecule has 3 aromatic heterocycles. The second kappa shape index (κ2) is 10.4. The van der Waals surface area contributed by atoms with Crippen LogP contribution >= 0.6 is 0 Å². The first kappa shape index (κ1) is 21.8. The number of para-hydroxylation sites is 3. The van der Waals surface area contributed by atoms with E-state index in [0.717, 1.165) is 33.3 Å². The molecule has 1 aliphatic heterocycles. The summed E-state index contributed by atoms with van der Waals surface area (Å²) in [6.45, 7) is 6.55. The molecule has 6 nitrogen and oxygen atoms in total. The van der Waals surface area contributed by atoms with Gasteiger partial charge in [0.2, 0.25) is 11.4 Å². The Bertz CT molecular complexity index is 2590. The molecule has 216 valence electrons. The van der Waals surface area contributed by atoms with Crippen LogP contribution in [0.4, 0.5) is 22.7 Å². The molecular formula is C39H31N5O+2. The van der Waals surface area contributed by atoms with Gasteiger partial charge in [0, 0.05) is 59.5 Å². The highest BCUT2D eigenvalue weighted by Gasteiger charge is 2.36. The minimum absolute atomic E-state index is 0.0276. The van der Waals surface area contributed by atoms with Crippen LogP contribution in [0, 0.1) is 0 Å². The molecule has 0 radical (unpaired) electrons. The molecule has 0 fully saturated rings. The molecule has 0 saturated heterocycles. The molecule has 0 amide bonds. The average Bonchev–Trinajstić information content (AvgIpc) is 3.66. The molecule has 1 aliphatic rings. The predicted octanol–water partition coefficient (Wildman–Crippen LogP) is 9.52. The maximum absolute atomic E-state index is 8.57. The second-order valence-electron chi connectivity index (χ2n) is 11.9. The number of fused-ring (bicyclic) bond motifs is 4. The number of ether oxygens (including phenoxy) is 1. The number of rotatable bonds is 5. The Labute approximate surface area is 268 Å². The zero-order valence-electron chi connectivity index (χ0n) is 30.0. The van der Waals surface area contributed by atoms with E-state index in [0.29, 0.717) is 22.9 Å². The Morgan fingerprint density at radius 3 is 2.29 bits per heavy atom. The number of benzene rings is 4. The standard InChI is InChI=1S/C39H31N5O/c1-39(2,3)27-18-21-41-38(22-27)44-36-24-31(16-17-32(36)33-19-20-40-25-37(33)44)45-30-13-9-12-29(23-30)43-26-42(28-10-5-4-6-11-28)34-14-7-8-15-35(34)43/h4-25H,1-3H3/q+2/i4D,5D,6D,10D,11D. The molecule has 0 saturated carbocycles. The van der Waals surface area contributed by atoms with Crippen molar-refractivity contribution in [1.29, 1.82) is 0 Å². The highest BCUT2D eigenvalue weighted by atomic mass is 16.5. The van der Waals surface area contributed by atoms with Crippen molar-refractivity contribution in [3.05, 3.63) is 139 Å². The molecule has 8 rings (SSSR count). The zero-order chi connectivity index (χ0) is 34.9. The number of aromatic nitrogens is 3. The van der Waals surface area contributed by atoms with E-state index in [1.807, 2.05) is 85.2 Å². The summed E-state index contributed by atoms with van der Waals surface area (Å²) in [5, 5.41) is 2.12. The Morgan fingerprint density at radius 1 is 0.733 bits per heavy atom. The minimum atomic E-state index is -0.442. The van der Waals surface area contributed by atoms with Crippen LogP contribution in [0.25, 0.3) is 27.6 Å². The highest BCUT2D eigenvalue weighted by Crippen LogP contribution is 2.38. The molecular weight excluding hydrogens is 554 g/mol. The smallest absolute Gasteiger partial charge is 0.457 e. The topological polar surface area (TPSA) is 46.0 Å². The molecule has 0 N–H and O–H groups in total. The number of hydrogen-bond acceptors (Lipinski definition) is 3. The van der Waals surface area contributed by atoms with Crippen LogP contribution in [0.2, 0.25) is 0 Å². The minimum Gasteiger partial charge on any atom is -0.457 e. The van der Waals surface area contributed by atoms with Gasteiger partial charge >= 0.3 is 6.01 Å². The fourth-order valence-electron chi connectivity index (χ4n) is 5.76. The monoisotopic (exact) mass is 590 g/mol. The van der Waals surface area contributed by atoms with Gasteiger partial charge in [-0.3, -0.25) is 9.55 Å². The van der Waals surface area contributed by atoms with Crippen LogP contribution in [-0.2, 0) is 5.41 Å². The Hall–Kier alpha value is -5.84. The van der Waals surface area contributed by atoms with E-state index in [2.05, 4.69) is 48.5 Å². The van der Waals surface area contributed by atoms with Gasteiger partial charge in [0.05, 0.1) is 30.2 Å². The SMILES string of the molecule is [2H]c1c([2H])c([2H])c([N+]2=C=[N+](c3cccc(Oc4ccc5c6ccncc6n(-c6cc(C(C)(C)C)ccn6)c5c4)c3)c3ccccc32)c([2H])c1[2H]. The molecule has 4 heterocycles. The van der Waals surface area contributed by atoms with E-state index in [1.54, 1.807) is 10.8 Å². The van der Waals surface area contributed by atoms with Gasteiger partial charge < -0.3 is 4.74 Å². The van der Waals surface area contributed by atoms with E-state index in [-0.39, 0.29) is 23.2 Å². The lowest BCUT2D eigenvalue weighted by molar-refractivity contribution is 0.483. The fraction of sp³-hybridized carbons (Fsp3) is 0.103. The van der Waals surface area contributed by atoms with Crippen LogP contribution < -0.4 is 13.9 Å². The van der Waals surface area contributed by atoms with Gasteiger partial charge in [-0.05, 0) is 56.5 Å². The summed E-state index contributed by atoms with van der Waals surface area (Å²) in [6, 6.07) is 28.6. The van der Waals surface area contributed by atoms with E-state index in [4.69, 9.17) is 16.6 Å². The molecule has 0 bridgehead atoms. The summed E-state index contributed by atoms with van der Waals surface area (Å²) in [4.78, 5) is 9.18. The van der Waals surface area contributed by atoms with Gasteiger partial charge in [-0.25, -0.2) is 4.98 Å². The third-order valence-electron chi connectivity index (χ3n) is 7.97. The lowest BCUT2D eigenvalue weighted by Gasteiger charge is -2.20. The van der Waals surface area contributed by atoms with Crippen molar-refractivity contribution in [2.75, 3.05) is 0 Å². The number of nitrogens with zero attached hydrogens (tertiary/aromatic N) is 5. The van der Waals surface area contributed by atoms with E-state index in [1.165, 1.54) is 10.1 Å². The first-order valence-corrected chi connectivity index (χ1v) is 14.7. The molecule has 4 aromatic carbocycles. The Balaban J connectivity index is 1.23. The third kappa shape index (κ3) is 4.69. The van der Waals surface area contributed by atoms with Crippen molar-refractivity contribution < 1.29 is 11.6 Å². The molecule has 45 heavy (non-hydrogen) atoms. The van der Waals surface area contributed by atoms with Gasteiger partial charge in [0.25, 0.3) is 11.4 Å². The predicted molar refractivity (Wildman–Crippen MR) is 182 cm³/mol. The maximum Gasteiger partial charge on any atom is 0.503 e. The number of pyridine rings is 2. The van der Waals surface area contributed by atoms with E-state index >= 15 is 0 Å². The number of hydrogen-bond donors (Lipinski definition) is 0. The molecule has 0 atom stereocenters. The summed E-state index contributed by atoms with van der Waals surface area (Å²) in [7, 11) is 0. The molecule has 6 heteroatoms. The average molecular weight is 591 g/mol. The van der Waals surface area contributed by atoms with E-state index < -0.39 is 18.1 Å². The molecule has 0 aliphatic carbocycles. The second-order valence-corrected chi connectivity index (χ2v) is 11.9. The zero-order valence-corrected chi connectivity index (χ0v) is 25.0. The normalized spacial score (nSPS) is 14.2. The fourth-order valence-corrected chi connectivity index (χ4v) is 5.76. The van der Waals surface area contributed by atoms with Crippen LogP contribution in [0.5, 0.6) is 11.5 Å². The largest absolute Gasteiger partial charge is 0.503 e. The molecule has 0 spiro atoms. The van der Waals surface area contributed by atoms with Gasteiger partial charge in [-0.1, -0.05) is 57.1 Å².